The molecule has 1 aliphatic heterocycles. The van der Waals surface area contributed by atoms with E-state index in [1.807, 2.05) is 13.0 Å². The molecule has 0 amide bonds. The van der Waals surface area contributed by atoms with Gasteiger partial charge in [0.15, 0.2) is 0 Å². The lowest BCUT2D eigenvalue weighted by atomic mass is 10.00. The molecule has 2 rings (SSSR count). The van der Waals surface area contributed by atoms with Crippen molar-refractivity contribution in [2.75, 3.05) is 19.7 Å². The number of likely N-dealkylation sites (tertiary alicyclic amines) is 1. The Bertz CT molecular complexity index is 409. The lowest BCUT2D eigenvalue weighted by Crippen LogP contribution is -2.55. The van der Waals surface area contributed by atoms with Gasteiger partial charge in [0.1, 0.15) is 5.75 Å². The van der Waals surface area contributed by atoms with Crippen LogP contribution in [0.3, 0.4) is 0 Å². The molecule has 1 saturated heterocycles. The van der Waals surface area contributed by atoms with Crippen molar-refractivity contribution in [2.24, 2.45) is 5.73 Å². The molecule has 0 bridgehead atoms. The van der Waals surface area contributed by atoms with Crippen molar-refractivity contribution in [3.63, 3.8) is 0 Å². The molecule has 1 aliphatic rings. The van der Waals surface area contributed by atoms with E-state index < -0.39 is 0 Å². The van der Waals surface area contributed by atoms with E-state index >= 15 is 0 Å². The van der Waals surface area contributed by atoms with Gasteiger partial charge in [-0.3, -0.25) is 4.90 Å². The number of ether oxygens (including phenoxy) is 1. The maximum Gasteiger partial charge on any atom is 0.119 e. The summed E-state index contributed by atoms with van der Waals surface area (Å²) in [7, 11) is 0. The summed E-state index contributed by atoms with van der Waals surface area (Å²) >= 11 is 0. The monoisotopic (exact) mass is 276 g/mol. The van der Waals surface area contributed by atoms with E-state index in [9.17, 15) is 0 Å². The molecule has 1 heterocycles. The fraction of sp³-hybridized carbons (Fsp3) is 0.647. The van der Waals surface area contributed by atoms with Gasteiger partial charge in [-0.15, -0.1) is 0 Å². The zero-order valence-electron chi connectivity index (χ0n) is 12.9. The van der Waals surface area contributed by atoms with Crippen molar-refractivity contribution in [3.8, 4) is 5.75 Å². The Labute approximate surface area is 123 Å². The van der Waals surface area contributed by atoms with Crippen LogP contribution in [-0.4, -0.2) is 30.3 Å². The van der Waals surface area contributed by atoms with Crippen molar-refractivity contribution in [1.82, 2.24) is 4.90 Å². The first-order valence-electron chi connectivity index (χ1n) is 7.87. The predicted octanol–water partition coefficient (Wildman–Crippen LogP) is 3.18. The minimum Gasteiger partial charge on any atom is -0.494 e. The Morgan fingerprint density at radius 3 is 2.55 bits per heavy atom. The van der Waals surface area contributed by atoms with Gasteiger partial charge < -0.3 is 10.5 Å². The number of hydrogen-bond donors (Lipinski definition) is 1. The van der Waals surface area contributed by atoms with Crippen LogP contribution in [0.1, 0.15) is 45.1 Å². The molecule has 1 aromatic carbocycles. The Hall–Kier alpha value is -1.06. The Kier molecular flexibility index (Phi) is 5.44. The lowest BCUT2D eigenvalue weighted by Gasteiger charge is -2.38. The molecule has 0 spiro atoms. The average Bonchev–Trinajstić information content (AvgIpc) is 2.68. The molecule has 1 fully saturated rings. The van der Waals surface area contributed by atoms with Gasteiger partial charge in [0.25, 0.3) is 0 Å². The third-order valence-corrected chi connectivity index (χ3v) is 4.10. The number of rotatable bonds is 5. The van der Waals surface area contributed by atoms with Crippen molar-refractivity contribution in [3.05, 3.63) is 29.8 Å². The van der Waals surface area contributed by atoms with Crippen LogP contribution < -0.4 is 10.5 Å². The second-order valence-electron chi connectivity index (χ2n) is 6.02. The first kappa shape index (κ1) is 15.3. The molecule has 1 aromatic rings. The fourth-order valence-corrected chi connectivity index (χ4v) is 3.02. The predicted molar refractivity (Wildman–Crippen MR) is 83.9 cm³/mol. The number of nitrogens with two attached hydrogens (primary N) is 1. The maximum atomic E-state index is 6.60. The van der Waals surface area contributed by atoms with Gasteiger partial charge >= 0.3 is 0 Å². The average molecular weight is 276 g/mol. The molecule has 0 saturated carbocycles. The van der Waals surface area contributed by atoms with Crippen molar-refractivity contribution < 1.29 is 4.74 Å². The fourth-order valence-electron chi connectivity index (χ4n) is 3.02. The molecule has 0 radical (unpaired) electrons. The Morgan fingerprint density at radius 2 is 1.90 bits per heavy atom. The molecular formula is C17H28N2O. The normalized spacial score (nSPS) is 20.1. The van der Waals surface area contributed by atoms with Crippen molar-refractivity contribution >= 4 is 0 Å². The summed E-state index contributed by atoms with van der Waals surface area (Å²) in [5.74, 6) is 0.941. The van der Waals surface area contributed by atoms with Crippen LogP contribution in [0.4, 0.5) is 0 Å². The van der Waals surface area contributed by atoms with Crippen LogP contribution in [0.5, 0.6) is 5.75 Å². The number of benzene rings is 1. The molecule has 1 atom stereocenters. The largest absolute Gasteiger partial charge is 0.494 e. The summed E-state index contributed by atoms with van der Waals surface area (Å²) in [5.41, 5.74) is 7.59. The highest BCUT2D eigenvalue weighted by molar-refractivity contribution is 5.29. The second-order valence-corrected chi connectivity index (χ2v) is 6.02. The van der Waals surface area contributed by atoms with Crippen LogP contribution in [0.25, 0.3) is 0 Å². The van der Waals surface area contributed by atoms with Gasteiger partial charge in [0.2, 0.25) is 0 Å². The van der Waals surface area contributed by atoms with E-state index in [-0.39, 0.29) is 5.66 Å². The van der Waals surface area contributed by atoms with Crippen LogP contribution in [0.15, 0.2) is 24.3 Å². The summed E-state index contributed by atoms with van der Waals surface area (Å²) in [5, 5.41) is 0. The van der Waals surface area contributed by atoms with Crippen molar-refractivity contribution in [2.45, 2.75) is 51.6 Å². The molecule has 3 heteroatoms. The maximum absolute atomic E-state index is 6.60. The summed E-state index contributed by atoms with van der Waals surface area (Å²) in [6.45, 7) is 7.12. The van der Waals surface area contributed by atoms with E-state index in [1.165, 1.54) is 31.2 Å². The first-order chi connectivity index (χ1) is 9.62. The highest BCUT2D eigenvalue weighted by Crippen LogP contribution is 2.22. The van der Waals surface area contributed by atoms with Gasteiger partial charge in [-0.25, -0.2) is 0 Å². The summed E-state index contributed by atoms with van der Waals surface area (Å²) in [6.07, 6.45) is 6.09. The van der Waals surface area contributed by atoms with Gasteiger partial charge in [0, 0.05) is 6.42 Å². The number of nitrogens with zero attached hydrogens (tertiary/aromatic N) is 1. The highest BCUT2D eigenvalue weighted by atomic mass is 16.5. The minimum atomic E-state index is -0.269. The molecule has 3 nitrogen and oxygen atoms in total. The Balaban J connectivity index is 2.04. The van der Waals surface area contributed by atoms with Gasteiger partial charge in [-0.05, 0) is 57.5 Å². The third kappa shape index (κ3) is 4.22. The highest BCUT2D eigenvalue weighted by Gasteiger charge is 2.28. The quantitative estimate of drug-likeness (QED) is 0.897. The lowest BCUT2D eigenvalue weighted by molar-refractivity contribution is 0.113. The zero-order chi connectivity index (χ0) is 14.4. The standard InChI is InChI=1S/C17H28N2O/c1-3-20-16-10-8-9-15(13-16)14-17(2,18)19-11-6-4-5-7-12-19/h8-10,13H,3-7,11-12,14,18H2,1-2H3. The van der Waals surface area contributed by atoms with E-state index in [2.05, 4.69) is 30.0 Å². The summed E-state index contributed by atoms with van der Waals surface area (Å²) in [4.78, 5) is 2.45. The molecule has 20 heavy (non-hydrogen) atoms. The molecule has 1 unspecified atom stereocenters. The van der Waals surface area contributed by atoms with E-state index in [1.54, 1.807) is 0 Å². The topological polar surface area (TPSA) is 38.5 Å². The summed E-state index contributed by atoms with van der Waals surface area (Å²) in [6, 6.07) is 8.32. The van der Waals surface area contributed by atoms with E-state index in [4.69, 9.17) is 10.5 Å². The summed E-state index contributed by atoms with van der Waals surface area (Å²) < 4.78 is 5.57. The Morgan fingerprint density at radius 1 is 1.20 bits per heavy atom. The SMILES string of the molecule is CCOc1cccc(CC(C)(N)N2CCCCCC2)c1. The van der Waals surface area contributed by atoms with E-state index in [0.717, 1.165) is 25.3 Å². The molecule has 0 aliphatic carbocycles. The van der Waals surface area contributed by atoms with Crippen LogP contribution in [0, 0.1) is 0 Å². The first-order valence-corrected chi connectivity index (χ1v) is 7.87. The van der Waals surface area contributed by atoms with Crippen LogP contribution in [0.2, 0.25) is 0 Å². The van der Waals surface area contributed by atoms with Crippen LogP contribution >= 0.6 is 0 Å². The molecule has 112 valence electrons. The van der Waals surface area contributed by atoms with Crippen LogP contribution in [-0.2, 0) is 6.42 Å². The van der Waals surface area contributed by atoms with E-state index in [0.29, 0.717) is 6.61 Å². The van der Waals surface area contributed by atoms with Gasteiger partial charge in [-0.2, -0.15) is 0 Å². The molecular weight excluding hydrogens is 248 g/mol. The minimum absolute atomic E-state index is 0.269. The second kappa shape index (κ2) is 7.09. The zero-order valence-corrected chi connectivity index (χ0v) is 12.9. The third-order valence-electron chi connectivity index (χ3n) is 4.10. The number of hydrogen-bond acceptors (Lipinski definition) is 3. The van der Waals surface area contributed by atoms with Crippen molar-refractivity contribution in [1.29, 1.82) is 0 Å². The smallest absolute Gasteiger partial charge is 0.119 e. The molecule has 2 N–H and O–H groups in total. The van der Waals surface area contributed by atoms with Gasteiger partial charge in [-0.1, -0.05) is 25.0 Å². The molecule has 0 aromatic heterocycles. The van der Waals surface area contributed by atoms with Gasteiger partial charge in [0.05, 0.1) is 12.3 Å².